The normalized spacial score (nSPS) is 10.3. The van der Waals surface area contributed by atoms with Gasteiger partial charge in [-0.05, 0) is 19.1 Å². The fourth-order valence-corrected chi connectivity index (χ4v) is 1.75. The lowest BCUT2D eigenvalue weighted by molar-refractivity contribution is 0.0991. The Balaban J connectivity index is 2.40. The number of halogens is 1. The van der Waals surface area contributed by atoms with E-state index in [2.05, 4.69) is 4.98 Å². The van der Waals surface area contributed by atoms with Gasteiger partial charge in [0.25, 0.3) is 5.91 Å². The molecule has 0 aliphatic rings. The van der Waals surface area contributed by atoms with Crippen molar-refractivity contribution in [3.05, 3.63) is 63.8 Å². The molecule has 19 heavy (non-hydrogen) atoms. The van der Waals surface area contributed by atoms with Crippen LogP contribution in [0.4, 0.5) is 10.1 Å². The largest absolute Gasteiger partial charge is 0.364 e. The Morgan fingerprint density at radius 1 is 1.32 bits per heavy atom. The Morgan fingerprint density at radius 3 is 2.63 bits per heavy atom. The molecule has 2 rings (SSSR count). The van der Waals surface area contributed by atoms with Gasteiger partial charge in [0.05, 0.1) is 5.69 Å². The number of aromatic amines is 1. The lowest BCUT2D eigenvalue weighted by atomic mass is 10.2. The van der Waals surface area contributed by atoms with Crippen LogP contribution in [0.1, 0.15) is 16.1 Å². The predicted molar refractivity (Wildman–Crippen MR) is 70.9 cm³/mol. The maximum absolute atomic E-state index is 13.6. The molecule has 0 atom stereocenters. The zero-order chi connectivity index (χ0) is 14.0. The fraction of sp³-hybridized carbons (Fsp3) is 0.143. The van der Waals surface area contributed by atoms with Crippen molar-refractivity contribution < 1.29 is 9.18 Å². The summed E-state index contributed by atoms with van der Waals surface area (Å²) >= 11 is 0. The SMILES string of the molecule is Cc1cc(=O)c(C(=O)N(C)c2ccccc2F)c[nH]1. The Hall–Kier alpha value is -2.43. The van der Waals surface area contributed by atoms with Crippen LogP contribution in [0.5, 0.6) is 0 Å². The van der Waals surface area contributed by atoms with Crippen molar-refractivity contribution in [3.63, 3.8) is 0 Å². The van der Waals surface area contributed by atoms with E-state index >= 15 is 0 Å². The van der Waals surface area contributed by atoms with Crippen molar-refractivity contribution in [2.45, 2.75) is 6.92 Å². The van der Waals surface area contributed by atoms with E-state index < -0.39 is 11.7 Å². The molecule has 0 unspecified atom stereocenters. The van der Waals surface area contributed by atoms with Crippen LogP contribution in [0.25, 0.3) is 0 Å². The molecule has 0 aliphatic carbocycles. The number of H-pyrrole nitrogens is 1. The van der Waals surface area contributed by atoms with Gasteiger partial charge in [-0.2, -0.15) is 0 Å². The molecule has 98 valence electrons. The first-order chi connectivity index (χ1) is 9.00. The minimum absolute atomic E-state index is 0.0173. The number of carbonyl (C=O) groups is 1. The van der Waals surface area contributed by atoms with Gasteiger partial charge in [0, 0.05) is 25.0 Å². The minimum Gasteiger partial charge on any atom is -0.364 e. The van der Waals surface area contributed by atoms with Crippen LogP contribution in [0, 0.1) is 12.7 Å². The van der Waals surface area contributed by atoms with Crippen LogP contribution in [0.3, 0.4) is 0 Å². The maximum Gasteiger partial charge on any atom is 0.263 e. The summed E-state index contributed by atoms with van der Waals surface area (Å²) in [7, 11) is 1.43. The highest BCUT2D eigenvalue weighted by molar-refractivity contribution is 6.05. The number of para-hydroxylation sites is 1. The topological polar surface area (TPSA) is 53.2 Å². The van der Waals surface area contributed by atoms with Gasteiger partial charge in [-0.15, -0.1) is 0 Å². The van der Waals surface area contributed by atoms with Crippen molar-refractivity contribution in [2.75, 3.05) is 11.9 Å². The Bertz CT molecular complexity index is 679. The maximum atomic E-state index is 13.6. The number of benzene rings is 1. The van der Waals surface area contributed by atoms with Crippen LogP contribution in [-0.4, -0.2) is 17.9 Å². The van der Waals surface area contributed by atoms with Crippen molar-refractivity contribution in [3.8, 4) is 0 Å². The summed E-state index contributed by atoms with van der Waals surface area (Å²) in [6.07, 6.45) is 1.34. The van der Waals surface area contributed by atoms with Gasteiger partial charge in [0.1, 0.15) is 11.4 Å². The van der Waals surface area contributed by atoms with E-state index in [1.165, 1.54) is 37.5 Å². The first-order valence-electron chi connectivity index (χ1n) is 5.72. The monoisotopic (exact) mass is 260 g/mol. The van der Waals surface area contributed by atoms with Gasteiger partial charge in [0.15, 0.2) is 5.43 Å². The Kier molecular flexibility index (Phi) is 3.46. The number of carbonyl (C=O) groups excluding carboxylic acids is 1. The van der Waals surface area contributed by atoms with Crippen LogP contribution in [0.15, 0.2) is 41.3 Å². The number of nitrogens with zero attached hydrogens (tertiary/aromatic N) is 1. The van der Waals surface area contributed by atoms with E-state index in [-0.39, 0.29) is 16.7 Å². The summed E-state index contributed by atoms with van der Waals surface area (Å²) in [6, 6.07) is 7.24. The molecule has 1 aromatic carbocycles. The van der Waals surface area contributed by atoms with Gasteiger partial charge < -0.3 is 9.88 Å². The standard InChI is InChI=1S/C14H13FN2O2/c1-9-7-13(18)10(8-16-9)14(19)17(2)12-6-4-3-5-11(12)15/h3-8H,1-2H3,(H,16,18). The molecule has 2 aromatic rings. The lowest BCUT2D eigenvalue weighted by Crippen LogP contribution is -2.31. The molecule has 0 saturated carbocycles. The van der Waals surface area contributed by atoms with Crippen LogP contribution in [0.2, 0.25) is 0 Å². The molecule has 0 fully saturated rings. The minimum atomic E-state index is -0.550. The first-order valence-corrected chi connectivity index (χ1v) is 5.72. The number of hydrogen-bond donors (Lipinski definition) is 1. The van der Waals surface area contributed by atoms with E-state index in [4.69, 9.17) is 0 Å². The van der Waals surface area contributed by atoms with Gasteiger partial charge in [-0.3, -0.25) is 9.59 Å². The number of nitrogens with one attached hydrogen (secondary N) is 1. The van der Waals surface area contributed by atoms with Crippen molar-refractivity contribution in [1.82, 2.24) is 4.98 Å². The molecule has 1 heterocycles. The summed E-state index contributed by atoms with van der Waals surface area (Å²) in [5.74, 6) is -1.06. The van der Waals surface area contributed by atoms with Gasteiger partial charge >= 0.3 is 0 Å². The summed E-state index contributed by atoms with van der Waals surface area (Å²) in [4.78, 5) is 27.8. The average Bonchev–Trinajstić information content (AvgIpc) is 2.38. The molecule has 1 amide bonds. The molecule has 0 bridgehead atoms. The molecule has 1 N–H and O–H groups in total. The number of rotatable bonds is 2. The zero-order valence-corrected chi connectivity index (χ0v) is 10.6. The first kappa shape index (κ1) is 13.0. The molecular weight excluding hydrogens is 247 g/mol. The second-order valence-electron chi connectivity index (χ2n) is 4.21. The van der Waals surface area contributed by atoms with E-state index in [9.17, 15) is 14.0 Å². The Labute approximate surface area is 109 Å². The Morgan fingerprint density at radius 2 is 2.00 bits per heavy atom. The van der Waals surface area contributed by atoms with E-state index in [0.717, 1.165) is 4.90 Å². The van der Waals surface area contributed by atoms with E-state index in [1.54, 1.807) is 13.0 Å². The number of aryl methyl sites for hydroxylation is 1. The molecular formula is C14H13FN2O2. The van der Waals surface area contributed by atoms with Gasteiger partial charge in [-0.25, -0.2) is 4.39 Å². The highest BCUT2D eigenvalue weighted by atomic mass is 19.1. The molecule has 0 aliphatic heterocycles. The van der Waals surface area contributed by atoms with E-state index in [1.807, 2.05) is 0 Å². The quantitative estimate of drug-likeness (QED) is 0.899. The smallest absolute Gasteiger partial charge is 0.263 e. The second kappa shape index (κ2) is 5.06. The van der Waals surface area contributed by atoms with Crippen molar-refractivity contribution in [1.29, 1.82) is 0 Å². The fourth-order valence-electron chi connectivity index (χ4n) is 1.75. The summed E-state index contributed by atoms with van der Waals surface area (Å²) in [5, 5.41) is 0. The summed E-state index contributed by atoms with van der Waals surface area (Å²) < 4.78 is 13.6. The number of aromatic nitrogens is 1. The third-order valence-corrected chi connectivity index (χ3v) is 2.81. The summed E-state index contributed by atoms with van der Waals surface area (Å²) in [6.45, 7) is 1.72. The van der Waals surface area contributed by atoms with E-state index in [0.29, 0.717) is 5.69 Å². The van der Waals surface area contributed by atoms with Crippen LogP contribution < -0.4 is 10.3 Å². The number of hydrogen-bond acceptors (Lipinski definition) is 2. The third-order valence-electron chi connectivity index (χ3n) is 2.81. The molecule has 0 radical (unpaired) electrons. The zero-order valence-electron chi connectivity index (χ0n) is 10.6. The molecule has 0 saturated heterocycles. The van der Waals surface area contributed by atoms with Crippen LogP contribution in [-0.2, 0) is 0 Å². The highest BCUT2D eigenvalue weighted by Gasteiger charge is 2.18. The summed E-state index contributed by atoms with van der Waals surface area (Å²) in [5.41, 5.74) is 0.392. The highest BCUT2D eigenvalue weighted by Crippen LogP contribution is 2.18. The number of pyridine rings is 1. The third kappa shape index (κ3) is 2.54. The van der Waals surface area contributed by atoms with Gasteiger partial charge in [-0.1, -0.05) is 12.1 Å². The lowest BCUT2D eigenvalue weighted by Gasteiger charge is -2.17. The molecule has 5 heteroatoms. The van der Waals surface area contributed by atoms with Crippen LogP contribution >= 0.6 is 0 Å². The molecule has 4 nitrogen and oxygen atoms in total. The molecule has 0 spiro atoms. The number of anilines is 1. The van der Waals surface area contributed by atoms with Crippen molar-refractivity contribution >= 4 is 11.6 Å². The predicted octanol–water partition coefficient (Wildman–Crippen LogP) is 2.10. The second-order valence-corrected chi connectivity index (χ2v) is 4.21. The molecule has 1 aromatic heterocycles. The average molecular weight is 260 g/mol. The number of amides is 1. The van der Waals surface area contributed by atoms with Crippen molar-refractivity contribution in [2.24, 2.45) is 0 Å². The van der Waals surface area contributed by atoms with Gasteiger partial charge in [0.2, 0.25) is 0 Å².